The van der Waals surface area contributed by atoms with Crippen LogP contribution < -0.4 is 17.2 Å². The third-order valence-corrected chi connectivity index (χ3v) is 1.04. The molecule has 1 heterocycles. The second-order valence-electron chi connectivity index (χ2n) is 2.49. The van der Waals surface area contributed by atoms with Gasteiger partial charge < -0.3 is 27.4 Å². The van der Waals surface area contributed by atoms with Crippen molar-refractivity contribution in [3.05, 3.63) is 25.3 Å². The lowest BCUT2D eigenvalue weighted by atomic mass is 10.7. The zero-order valence-electron chi connectivity index (χ0n) is 9.85. The Kier molecular flexibility index (Phi) is 9.59. The van der Waals surface area contributed by atoms with Gasteiger partial charge in [-0.2, -0.15) is 15.0 Å². The van der Waals surface area contributed by atoms with Crippen LogP contribution in [0, 0.1) is 0 Å². The van der Waals surface area contributed by atoms with Crippen LogP contribution in [0.1, 0.15) is 0 Å². The predicted octanol–water partition coefficient (Wildman–Crippen LogP) is -0.868. The lowest BCUT2D eigenvalue weighted by molar-refractivity contribution is -0.132. The van der Waals surface area contributed by atoms with Crippen molar-refractivity contribution in [1.29, 1.82) is 0 Å². The number of carboxylic acid groups (broad SMARTS) is 2. The fourth-order valence-corrected chi connectivity index (χ4v) is 0.427. The fourth-order valence-electron chi connectivity index (χ4n) is 0.427. The van der Waals surface area contributed by atoms with Crippen molar-refractivity contribution in [2.75, 3.05) is 17.2 Å². The van der Waals surface area contributed by atoms with E-state index in [1.807, 2.05) is 0 Å². The summed E-state index contributed by atoms with van der Waals surface area (Å²) in [6.07, 6.45) is 1.67. The van der Waals surface area contributed by atoms with E-state index in [-0.39, 0.29) is 17.8 Å². The van der Waals surface area contributed by atoms with E-state index in [1.165, 1.54) is 0 Å². The summed E-state index contributed by atoms with van der Waals surface area (Å²) in [5.41, 5.74) is 15.4. The number of aromatic nitrogens is 3. The highest BCUT2D eigenvalue weighted by Gasteiger charge is 1.93. The molecule has 8 N–H and O–H groups in total. The van der Waals surface area contributed by atoms with Gasteiger partial charge in [-0.1, -0.05) is 13.2 Å². The van der Waals surface area contributed by atoms with Crippen LogP contribution in [-0.2, 0) is 9.59 Å². The molecule has 0 aliphatic rings. The van der Waals surface area contributed by atoms with Crippen molar-refractivity contribution in [2.24, 2.45) is 0 Å². The van der Waals surface area contributed by atoms with E-state index >= 15 is 0 Å². The maximum absolute atomic E-state index is 9.25. The van der Waals surface area contributed by atoms with Gasteiger partial charge in [0, 0.05) is 12.2 Å². The molecule has 0 aliphatic carbocycles. The van der Waals surface area contributed by atoms with E-state index in [0.717, 1.165) is 12.2 Å². The minimum absolute atomic E-state index is 0.0417. The Morgan fingerprint density at radius 1 is 0.842 bits per heavy atom. The smallest absolute Gasteiger partial charge is 0.327 e. The van der Waals surface area contributed by atoms with E-state index < -0.39 is 11.9 Å². The van der Waals surface area contributed by atoms with Gasteiger partial charge in [0.2, 0.25) is 17.8 Å². The first-order valence-corrected chi connectivity index (χ1v) is 4.46. The Balaban J connectivity index is 0. The van der Waals surface area contributed by atoms with E-state index in [4.69, 9.17) is 27.4 Å². The molecule has 0 unspecified atom stereocenters. The van der Waals surface area contributed by atoms with Gasteiger partial charge in [-0.3, -0.25) is 0 Å². The lowest BCUT2D eigenvalue weighted by Crippen LogP contribution is -2.05. The fraction of sp³-hybridized carbons (Fsp3) is 0. The quantitative estimate of drug-likeness (QED) is 0.422. The Labute approximate surface area is 108 Å². The minimum Gasteiger partial charge on any atom is -0.478 e. The highest BCUT2D eigenvalue weighted by molar-refractivity contribution is 5.79. The van der Waals surface area contributed by atoms with Crippen molar-refractivity contribution in [3.63, 3.8) is 0 Å². The molecule has 10 heteroatoms. The number of anilines is 3. The molecule has 1 aromatic heterocycles. The van der Waals surface area contributed by atoms with Crippen molar-refractivity contribution in [1.82, 2.24) is 15.0 Å². The standard InChI is InChI=1S/C3H6N6.2C3H4O2/c4-1-7-2(5)9-3(6)8-1;2*1-2-3(4)5/h(H6,4,5,6,7,8,9);2*2H,1H2,(H,4,5). The second kappa shape index (κ2) is 10.0. The Morgan fingerprint density at radius 3 is 1.11 bits per heavy atom. The van der Waals surface area contributed by atoms with Crippen molar-refractivity contribution in [2.45, 2.75) is 0 Å². The first-order chi connectivity index (χ1) is 8.72. The summed E-state index contributed by atoms with van der Waals surface area (Å²) in [5.74, 6) is -1.84. The number of rotatable bonds is 2. The lowest BCUT2D eigenvalue weighted by Gasteiger charge is -1.93. The molecule has 0 atom stereocenters. The molecule has 0 radical (unpaired) electrons. The molecule has 0 saturated carbocycles. The van der Waals surface area contributed by atoms with Crippen molar-refractivity contribution < 1.29 is 19.8 Å². The molecule has 104 valence electrons. The molecular weight excluding hydrogens is 256 g/mol. The normalized spacial score (nSPS) is 7.79. The average Bonchev–Trinajstić information content (AvgIpc) is 2.28. The van der Waals surface area contributed by atoms with Gasteiger partial charge in [0.1, 0.15) is 0 Å². The highest BCUT2D eigenvalue weighted by atomic mass is 16.4. The van der Waals surface area contributed by atoms with Crippen LogP contribution in [0.2, 0.25) is 0 Å². The summed E-state index contributed by atoms with van der Waals surface area (Å²) < 4.78 is 0. The number of carbonyl (C=O) groups is 2. The molecule has 1 rings (SSSR count). The van der Waals surface area contributed by atoms with Crippen LogP contribution in [0.3, 0.4) is 0 Å². The Bertz CT molecular complexity index is 394. The summed E-state index contributed by atoms with van der Waals surface area (Å²) >= 11 is 0. The SMILES string of the molecule is C=CC(=O)O.C=CC(=O)O.Nc1nc(N)nc(N)n1. The monoisotopic (exact) mass is 270 g/mol. The molecule has 1 aromatic rings. The largest absolute Gasteiger partial charge is 0.478 e. The highest BCUT2D eigenvalue weighted by Crippen LogP contribution is 1.97. The number of hydrogen-bond acceptors (Lipinski definition) is 8. The van der Waals surface area contributed by atoms with Crippen LogP contribution in [0.15, 0.2) is 25.3 Å². The maximum Gasteiger partial charge on any atom is 0.327 e. The number of nitrogens with two attached hydrogens (primary N) is 3. The van der Waals surface area contributed by atoms with Crippen molar-refractivity contribution >= 4 is 29.8 Å². The van der Waals surface area contributed by atoms with Gasteiger partial charge in [0.05, 0.1) is 0 Å². The number of carboxylic acids is 2. The summed E-state index contributed by atoms with van der Waals surface area (Å²) in [5, 5.41) is 15.2. The summed E-state index contributed by atoms with van der Waals surface area (Å²) in [6, 6.07) is 0. The van der Waals surface area contributed by atoms with Crippen LogP contribution in [-0.4, -0.2) is 37.1 Å². The molecular formula is C9H14N6O4. The molecule has 0 saturated heterocycles. The second-order valence-corrected chi connectivity index (χ2v) is 2.49. The first kappa shape index (κ1) is 18.2. The summed E-state index contributed by atoms with van der Waals surface area (Å²) in [7, 11) is 0. The minimum atomic E-state index is -0.981. The van der Waals surface area contributed by atoms with Crippen LogP contribution in [0.4, 0.5) is 17.8 Å². The van der Waals surface area contributed by atoms with Gasteiger partial charge in [-0.25, -0.2) is 9.59 Å². The molecule has 0 aliphatic heterocycles. The first-order valence-electron chi connectivity index (χ1n) is 4.46. The zero-order valence-corrected chi connectivity index (χ0v) is 9.85. The molecule has 19 heavy (non-hydrogen) atoms. The summed E-state index contributed by atoms with van der Waals surface area (Å²) in [4.78, 5) is 29.0. The molecule has 0 amide bonds. The van der Waals surface area contributed by atoms with E-state index in [2.05, 4.69) is 28.1 Å². The van der Waals surface area contributed by atoms with Gasteiger partial charge in [-0.05, 0) is 0 Å². The van der Waals surface area contributed by atoms with Crippen LogP contribution >= 0.6 is 0 Å². The maximum atomic E-state index is 9.25. The topological polar surface area (TPSA) is 191 Å². The number of nitrogens with zero attached hydrogens (tertiary/aromatic N) is 3. The van der Waals surface area contributed by atoms with E-state index in [1.54, 1.807) is 0 Å². The number of hydrogen-bond donors (Lipinski definition) is 5. The summed E-state index contributed by atoms with van der Waals surface area (Å²) in [6.45, 7) is 5.92. The van der Waals surface area contributed by atoms with E-state index in [0.29, 0.717) is 0 Å². The van der Waals surface area contributed by atoms with Gasteiger partial charge in [0.25, 0.3) is 0 Å². The number of nitrogen functional groups attached to an aromatic ring is 3. The Hall–Kier alpha value is -3.17. The number of aliphatic carboxylic acids is 2. The van der Waals surface area contributed by atoms with Gasteiger partial charge in [0.15, 0.2) is 0 Å². The van der Waals surface area contributed by atoms with E-state index in [9.17, 15) is 9.59 Å². The van der Waals surface area contributed by atoms with Gasteiger partial charge >= 0.3 is 11.9 Å². The molecule has 0 aromatic carbocycles. The zero-order chi connectivity index (χ0) is 15.4. The van der Waals surface area contributed by atoms with Gasteiger partial charge in [-0.15, -0.1) is 0 Å². The third-order valence-electron chi connectivity index (χ3n) is 1.04. The molecule has 0 fully saturated rings. The van der Waals surface area contributed by atoms with Crippen LogP contribution in [0.5, 0.6) is 0 Å². The molecule has 0 spiro atoms. The third kappa shape index (κ3) is 14.8. The molecule has 0 bridgehead atoms. The Morgan fingerprint density at radius 2 is 1.00 bits per heavy atom. The van der Waals surface area contributed by atoms with Crippen LogP contribution in [0.25, 0.3) is 0 Å². The average molecular weight is 270 g/mol. The molecule has 10 nitrogen and oxygen atoms in total. The predicted molar refractivity (Wildman–Crippen MR) is 68.7 cm³/mol. The van der Waals surface area contributed by atoms with Crippen molar-refractivity contribution in [3.8, 4) is 0 Å².